The Hall–Kier alpha value is -2.49. The summed E-state index contributed by atoms with van der Waals surface area (Å²) >= 11 is 0. The Labute approximate surface area is 110 Å². The first-order valence-electron chi connectivity index (χ1n) is 5.90. The first kappa shape index (κ1) is 13.0. The van der Waals surface area contributed by atoms with Crippen LogP contribution in [0, 0.1) is 0 Å². The van der Waals surface area contributed by atoms with Crippen molar-refractivity contribution in [2.75, 3.05) is 6.61 Å². The molecule has 0 amide bonds. The Bertz CT molecular complexity index is 564. The second-order valence-electron chi connectivity index (χ2n) is 4.06. The van der Waals surface area contributed by atoms with E-state index in [0.29, 0.717) is 18.6 Å². The molecule has 2 aromatic rings. The predicted molar refractivity (Wildman–Crippen MR) is 70.7 cm³/mol. The van der Waals surface area contributed by atoms with Crippen molar-refractivity contribution in [1.82, 2.24) is 0 Å². The highest BCUT2D eigenvalue weighted by Crippen LogP contribution is 2.18. The molecule has 0 heterocycles. The van der Waals surface area contributed by atoms with Gasteiger partial charge in [0.05, 0.1) is 12.2 Å². The maximum Gasteiger partial charge on any atom is 0.335 e. The lowest BCUT2D eigenvalue weighted by atomic mass is 10.0. The lowest BCUT2D eigenvalue weighted by Gasteiger charge is -2.08. The van der Waals surface area contributed by atoms with Crippen LogP contribution in [0.25, 0.3) is 0 Å². The van der Waals surface area contributed by atoms with E-state index < -0.39 is 5.97 Å². The smallest absolute Gasteiger partial charge is 0.335 e. The molecule has 2 rings (SSSR count). The lowest BCUT2D eigenvalue weighted by Crippen LogP contribution is -2.07. The summed E-state index contributed by atoms with van der Waals surface area (Å²) in [7, 11) is 0. The van der Waals surface area contributed by atoms with Gasteiger partial charge in [0.2, 0.25) is 0 Å². The lowest BCUT2D eigenvalue weighted by molar-refractivity contribution is 0.0695. The average Bonchev–Trinajstić information content (AvgIpc) is 2.39. The second-order valence-corrected chi connectivity index (χ2v) is 4.06. The molecule has 0 fully saturated rings. The molecule has 98 valence electrons. The molecule has 0 atom stereocenters. The van der Waals surface area contributed by atoms with Crippen molar-refractivity contribution in [3.63, 3.8) is 0 Å². The largest absolute Gasteiger partial charge is 0.508 e. The monoisotopic (exact) mass is 258 g/mol. The summed E-state index contributed by atoms with van der Waals surface area (Å²) in [6, 6.07) is 13.5. The van der Waals surface area contributed by atoms with Crippen molar-refractivity contribution in [2.45, 2.75) is 6.42 Å². The molecule has 0 aliphatic heterocycles. The number of phenolic OH excluding ortho intramolecular Hbond substituents is 1. The Morgan fingerprint density at radius 3 is 2.53 bits per heavy atom. The number of carboxylic acid groups (broad SMARTS) is 1. The van der Waals surface area contributed by atoms with E-state index in [0.717, 1.165) is 5.75 Å². The third-order valence-electron chi connectivity index (χ3n) is 2.70. The van der Waals surface area contributed by atoms with E-state index in [2.05, 4.69) is 0 Å². The fourth-order valence-electron chi connectivity index (χ4n) is 1.79. The molecular weight excluding hydrogens is 244 g/mol. The molecule has 4 nitrogen and oxygen atoms in total. The topological polar surface area (TPSA) is 66.8 Å². The molecule has 0 saturated heterocycles. The highest BCUT2D eigenvalue weighted by Gasteiger charge is 2.10. The average molecular weight is 258 g/mol. The van der Waals surface area contributed by atoms with E-state index in [1.165, 1.54) is 18.2 Å². The van der Waals surface area contributed by atoms with Gasteiger partial charge in [-0.3, -0.25) is 0 Å². The normalized spacial score (nSPS) is 10.1. The van der Waals surface area contributed by atoms with E-state index in [1.807, 2.05) is 30.3 Å². The van der Waals surface area contributed by atoms with Crippen molar-refractivity contribution < 1.29 is 19.7 Å². The summed E-state index contributed by atoms with van der Waals surface area (Å²) in [4.78, 5) is 11.0. The fourth-order valence-corrected chi connectivity index (χ4v) is 1.79. The van der Waals surface area contributed by atoms with Gasteiger partial charge in [-0.25, -0.2) is 4.79 Å². The minimum absolute atomic E-state index is 0.0553. The van der Waals surface area contributed by atoms with Gasteiger partial charge in [-0.15, -0.1) is 0 Å². The van der Waals surface area contributed by atoms with Crippen molar-refractivity contribution in [3.05, 3.63) is 59.7 Å². The number of para-hydroxylation sites is 1. The van der Waals surface area contributed by atoms with Gasteiger partial charge in [-0.1, -0.05) is 18.2 Å². The zero-order chi connectivity index (χ0) is 13.7. The van der Waals surface area contributed by atoms with Crippen molar-refractivity contribution in [3.8, 4) is 11.5 Å². The first-order valence-corrected chi connectivity index (χ1v) is 5.90. The Kier molecular flexibility index (Phi) is 4.03. The molecule has 0 saturated carbocycles. The summed E-state index contributed by atoms with van der Waals surface area (Å²) < 4.78 is 5.51. The van der Waals surface area contributed by atoms with Crippen LogP contribution in [0.3, 0.4) is 0 Å². The SMILES string of the molecule is O=C(O)c1ccc(O)cc1CCOc1ccccc1. The van der Waals surface area contributed by atoms with Crippen LogP contribution < -0.4 is 4.74 Å². The van der Waals surface area contributed by atoms with Crippen molar-refractivity contribution in [2.24, 2.45) is 0 Å². The van der Waals surface area contributed by atoms with Crippen LogP contribution in [-0.4, -0.2) is 22.8 Å². The second kappa shape index (κ2) is 5.91. The van der Waals surface area contributed by atoms with Crippen LogP contribution in [0.15, 0.2) is 48.5 Å². The van der Waals surface area contributed by atoms with E-state index in [1.54, 1.807) is 0 Å². The molecule has 0 radical (unpaired) electrons. The molecule has 4 heteroatoms. The molecule has 0 unspecified atom stereocenters. The van der Waals surface area contributed by atoms with Gasteiger partial charge < -0.3 is 14.9 Å². The number of aromatic carboxylic acids is 1. The van der Waals surface area contributed by atoms with Gasteiger partial charge in [0.1, 0.15) is 11.5 Å². The van der Waals surface area contributed by atoms with Crippen LogP contribution in [-0.2, 0) is 6.42 Å². The van der Waals surface area contributed by atoms with Crippen molar-refractivity contribution in [1.29, 1.82) is 0 Å². The molecule has 0 aromatic heterocycles. The van der Waals surface area contributed by atoms with Gasteiger partial charge in [0.25, 0.3) is 0 Å². The van der Waals surface area contributed by atoms with Crippen LogP contribution in [0.4, 0.5) is 0 Å². The molecule has 0 aliphatic rings. The van der Waals surface area contributed by atoms with E-state index in [-0.39, 0.29) is 11.3 Å². The number of aromatic hydroxyl groups is 1. The number of rotatable bonds is 5. The summed E-state index contributed by atoms with van der Waals surface area (Å²) in [5.41, 5.74) is 0.748. The maximum absolute atomic E-state index is 11.0. The zero-order valence-electron chi connectivity index (χ0n) is 10.2. The number of phenols is 1. The minimum Gasteiger partial charge on any atom is -0.508 e. The van der Waals surface area contributed by atoms with Gasteiger partial charge in [0, 0.05) is 6.42 Å². The first-order chi connectivity index (χ1) is 9.16. The number of carboxylic acids is 1. The molecule has 19 heavy (non-hydrogen) atoms. The van der Waals surface area contributed by atoms with Crippen LogP contribution in [0.1, 0.15) is 15.9 Å². The van der Waals surface area contributed by atoms with Gasteiger partial charge in [0.15, 0.2) is 0 Å². The minimum atomic E-state index is -1.00. The van der Waals surface area contributed by atoms with E-state index in [4.69, 9.17) is 9.84 Å². The van der Waals surface area contributed by atoms with Gasteiger partial charge in [-0.2, -0.15) is 0 Å². The summed E-state index contributed by atoms with van der Waals surface area (Å²) in [6.07, 6.45) is 0.422. The maximum atomic E-state index is 11.0. The molecule has 2 N–H and O–H groups in total. The molecule has 0 spiro atoms. The highest BCUT2D eigenvalue weighted by molar-refractivity contribution is 5.89. The molecule has 0 aliphatic carbocycles. The standard InChI is InChI=1S/C15H14O4/c16-12-6-7-14(15(17)18)11(10-12)8-9-19-13-4-2-1-3-5-13/h1-7,10,16H,8-9H2,(H,17,18). The van der Waals surface area contributed by atoms with Crippen LogP contribution in [0.2, 0.25) is 0 Å². The van der Waals surface area contributed by atoms with E-state index >= 15 is 0 Å². The van der Waals surface area contributed by atoms with Gasteiger partial charge >= 0.3 is 5.97 Å². The highest BCUT2D eigenvalue weighted by atomic mass is 16.5. The number of benzene rings is 2. The number of hydrogen-bond acceptors (Lipinski definition) is 3. The Morgan fingerprint density at radius 2 is 1.84 bits per heavy atom. The summed E-state index contributed by atoms with van der Waals surface area (Å²) in [5, 5.41) is 18.5. The fraction of sp³-hybridized carbons (Fsp3) is 0.133. The predicted octanol–water partition coefficient (Wildman–Crippen LogP) is 2.71. The number of hydrogen-bond donors (Lipinski definition) is 2. The van der Waals surface area contributed by atoms with Crippen LogP contribution in [0.5, 0.6) is 11.5 Å². The summed E-state index contributed by atoms with van der Waals surface area (Å²) in [5.74, 6) is -0.214. The third-order valence-corrected chi connectivity index (χ3v) is 2.70. The van der Waals surface area contributed by atoms with E-state index in [9.17, 15) is 9.90 Å². The molecular formula is C15H14O4. The Morgan fingerprint density at radius 1 is 1.11 bits per heavy atom. The quantitative estimate of drug-likeness (QED) is 0.865. The Balaban J connectivity index is 2.03. The third kappa shape index (κ3) is 3.48. The number of ether oxygens (including phenoxy) is 1. The zero-order valence-corrected chi connectivity index (χ0v) is 10.2. The summed E-state index contributed by atoms with van der Waals surface area (Å²) in [6.45, 7) is 0.355. The van der Waals surface area contributed by atoms with Crippen molar-refractivity contribution >= 4 is 5.97 Å². The van der Waals surface area contributed by atoms with Crippen LogP contribution >= 0.6 is 0 Å². The number of carbonyl (C=O) groups is 1. The molecule has 0 bridgehead atoms. The molecule has 2 aromatic carbocycles. The van der Waals surface area contributed by atoms with Gasteiger partial charge in [-0.05, 0) is 35.9 Å².